The van der Waals surface area contributed by atoms with Crippen molar-refractivity contribution in [3.8, 4) is 0 Å². The second-order valence-electron chi connectivity index (χ2n) is 4.98. The first-order valence-corrected chi connectivity index (χ1v) is 6.29. The van der Waals surface area contributed by atoms with Gasteiger partial charge in [0.2, 0.25) is 0 Å². The van der Waals surface area contributed by atoms with Crippen LogP contribution in [0.3, 0.4) is 0 Å². The van der Waals surface area contributed by atoms with Gasteiger partial charge in [-0.1, -0.05) is 6.92 Å². The lowest BCUT2D eigenvalue weighted by Gasteiger charge is -2.47. The molecule has 1 aliphatic carbocycles. The fraction of sp³-hybridized carbons (Fsp3) is 1.00. The molecule has 3 heteroatoms. The van der Waals surface area contributed by atoms with E-state index in [0.29, 0.717) is 6.04 Å². The van der Waals surface area contributed by atoms with Gasteiger partial charge in [-0.3, -0.25) is 4.90 Å². The second kappa shape index (κ2) is 4.81. The zero-order valence-corrected chi connectivity index (χ0v) is 10.1. The molecule has 0 aromatic carbocycles. The molecule has 3 nitrogen and oxygen atoms in total. The number of piperazine rings is 1. The number of hydrogen-bond donors (Lipinski definition) is 1. The molecule has 1 aliphatic heterocycles. The second-order valence-corrected chi connectivity index (χ2v) is 4.98. The number of methoxy groups -OCH3 is 1. The molecule has 0 bridgehead atoms. The largest absolute Gasteiger partial charge is 0.377 e. The SMILES string of the molecule is CCC1CNCCN1CC1(OC)CCC1. The van der Waals surface area contributed by atoms with E-state index in [9.17, 15) is 0 Å². The van der Waals surface area contributed by atoms with Crippen LogP contribution in [0.4, 0.5) is 0 Å². The Balaban J connectivity index is 1.90. The molecule has 2 fully saturated rings. The molecule has 88 valence electrons. The van der Waals surface area contributed by atoms with Gasteiger partial charge in [0, 0.05) is 39.3 Å². The Morgan fingerprint density at radius 3 is 2.80 bits per heavy atom. The Kier molecular flexibility index (Phi) is 3.65. The molecule has 2 aliphatic rings. The number of hydrogen-bond acceptors (Lipinski definition) is 3. The summed E-state index contributed by atoms with van der Waals surface area (Å²) in [5.74, 6) is 0. The fourth-order valence-electron chi connectivity index (χ4n) is 2.78. The molecule has 1 heterocycles. The Labute approximate surface area is 93.2 Å². The molecule has 0 aromatic heterocycles. The molecule has 1 unspecified atom stereocenters. The topological polar surface area (TPSA) is 24.5 Å². The maximum absolute atomic E-state index is 5.71. The maximum atomic E-state index is 5.71. The van der Waals surface area contributed by atoms with Crippen molar-refractivity contribution in [2.45, 2.75) is 44.2 Å². The molecule has 0 spiro atoms. The van der Waals surface area contributed by atoms with E-state index in [-0.39, 0.29) is 5.60 Å². The van der Waals surface area contributed by atoms with E-state index >= 15 is 0 Å². The summed E-state index contributed by atoms with van der Waals surface area (Å²) in [7, 11) is 1.88. The highest BCUT2D eigenvalue weighted by molar-refractivity contribution is 4.94. The van der Waals surface area contributed by atoms with Crippen molar-refractivity contribution in [1.82, 2.24) is 10.2 Å². The predicted molar refractivity (Wildman–Crippen MR) is 62.1 cm³/mol. The van der Waals surface area contributed by atoms with Crippen LogP contribution < -0.4 is 5.32 Å². The Bertz CT molecular complexity index is 198. The fourth-order valence-corrected chi connectivity index (χ4v) is 2.78. The minimum atomic E-state index is 0.199. The zero-order valence-electron chi connectivity index (χ0n) is 10.1. The highest BCUT2D eigenvalue weighted by atomic mass is 16.5. The van der Waals surface area contributed by atoms with E-state index in [1.807, 2.05) is 7.11 Å². The van der Waals surface area contributed by atoms with Gasteiger partial charge in [-0.25, -0.2) is 0 Å². The van der Waals surface area contributed by atoms with Gasteiger partial charge < -0.3 is 10.1 Å². The number of ether oxygens (including phenoxy) is 1. The first kappa shape index (κ1) is 11.4. The van der Waals surface area contributed by atoms with Gasteiger partial charge in [-0.15, -0.1) is 0 Å². The Morgan fingerprint density at radius 2 is 2.27 bits per heavy atom. The van der Waals surface area contributed by atoms with Crippen LogP contribution in [0.15, 0.2) is 0 Å². The van der Waals surface area contributed by atoms with Crippen molar-refractivity contribution in [2.24, 2.45) is 0 Å². The number of rotatable bonds is 4. The van der Waals surface area contributed by atoms with E-state index in [2.05, 4.69) is 17.1 Å². The van der Waals surface area contributed by atoms with Crippen LogP contribution in [0.25, 0.3) is 0 Å². The summed E-state index contributed by atoms with van der Waals surface area (Å²) in [6.07, 6.45) is 5.09. The monoisotopic (exact) mass is 212 g/mol. The van der Waals surface area contributed by atoms with Gasteiger partial charge in [0.05, 0.1) is 5.60 Å². The zero-order chi connectivity index (χ0) is 10.7. The molecule has 15 heavy (non-hydrogen) atoms. The third kappa shape index (κ3) is 2.35. The third-order valence-corrected chi connectivity index (χ3v) is 4.13. The van der Waals surface area contributed by atoms with E-state index in [1.165, 1.54) is 32.2 Å². The summed E-state index contributed by atoms with van der Waals surface area (Å²) in [4.78, 5) is 2.62. The normalized spacial score (nSPS) is 31.2. The summed E-state index contributed by atoms with van der Waals surface area (Å²) in [5.41, 5.74) is 0.199. The summed E-state index contributed by atoms with van der Waals surface area (Å²) in [6, 6.07) is 0.714. The molecule has 1 N–H and O–H groups in total. The van der Waals surface area contributed by atoms with Gasteiger partial charge in [0.15, 0.2) is 0 Å². The lowest BCUT2D eigenvalue weighted by molar-refractivity contribution is -0.0995. The van der Waals surface area contributed by atoms with Crippen LogP contribution in [0.2, 0.25) is 0 Å². The first-order valence-electron chi connectivity index (χ1n) is 6.29. The molecule has 0 radical (unpaired) electrons. The van der Waals surface area contributed by atoms with Crippen molar-refractivity contribution >= 4 is 0 Å². The van der Waals surface area contributed by atoms with Crippen molar-refractivity contribution in [2.75, 3.05) is 33.3 Å². The Morgan fingerprint density at radius 1 is 1.47 bits per heavy atom. The molecule has 0 aromatic rings. The molecule has 1 atom stereocenters. The van der Waals surface area contributed by atoms with Crippen LogP contribution in [0.5, 0.6) is 0 Å². The van der Waals surface area contributed by atoms with Gasteiger partial charge in [-0.2, -0.15) is 0 Å². The molecule has 1 saturated heterocycles. The van der Waals surface area contributed by atoms with Crippen molar-refractivity contribution in [3.05, 3.63) is 0 Å². The van der Waals surface area contributed by atoms with Gasteiger partial charge in [0.25, 0.3) is 0 Å². The van der Waals surface area contributed by atoms with Crippen LogP contribution in [-0.4, -0.2) is 49.8 Å². The summed E-state index contributed by atoms with van der Waals surface area (Å²) >= 11 is 0. The standard InChI is InChI=1S/C12H24N2O/c1-3-11-9-13-7-8-14(11)10-12(15-2)5-4-6-12/h11,13H,3-10H2,1-2H3. The van der Waals surface area contributed by atoms with E-state index in [4.69, 9.17) is 4.74 Å². The van der Waals surface area contributed by atoms with E-state index in [1.54, 1.807) is 0 Å². The van der Waals surface area contributed by atoms with Crippen molar-refractivity contribution < 1.29 is 4.74 Å². The number of nitrogens with one attached hydrogen (secondary N) is 1. The average Bonchev–Trinajstić information content (AvgIpc) is 2.24. The molecular formula is C12H24N2O. The first-order chi connectivity index (χ1) is 7.29. The predicted octanol–water partition coefficient (Wildman–Crippen LogP) is 1.24. The van der Waals surface area contributed by atoms with E-state index < -0.39 is 0 Å². The average molecular weight is 212 g/mol. The van der Waals surface area contributed by atoms with Gasteiger partial charge >= 0.3 is 0 Å². The van der Waals surface area contributed by atoms with Gasteiger partial charge in [0.1, 0.15) is 0 Å². The minimum Gasteiger partial charge on any atom is -0.377 e. The van der Waals surface area contributed by atoms with Crippen molar-refractivity contribution in [3.63, 3.8) is 0 Å². The smallest absolute Gasteiger partial charge is 0.0805 e. The third-order valence-electron chi connectivity index (χ3n) is 4.13. The van der Waals surface area contributed by atoms with Gasteiger partial charge in [-0.05, 0) is 25.7 Å². The lowest BCUT2D eigenvalue weighted by atomic mass is 9.79. The Hall–Kier alpha value is -0.120. The number of nitrogens with zero attached hydrogens (tertiary/aromatic N) is 1. The highest BCUT2D eigenvalue weighted by Gasteiger charge is 2.40. The molecular weight excluding hydrogens is 188 g/mol. The van der Waals surface area contributed by atoms with Crippen LogP contribution in [0.1, 0.15) is 32.6 Å². The van der Waals surface area contributed by atoms with Crippen LogP contribution >= 0.6 is 0 Å². The van der Waals surface area contributed by atoms with Crippen LogP contribution in [0, 0.1) is 0 Å². The highest BCUT2D eigenvalue weighted by Crippen LogP contribution is 2.36. The quantitative estimate of drug-likeness (QED) is 0.759. The lowest BCUT2D eigenvalue weighted by Crippen LogP contribution is -2.58. The summed E-state index contributed by atoms with van der Waals surface area (Å²) in [5, 5.41) is 3.47. The molecule has 0 amide bonds. The van der Waals surface area contributed by atoms with Crippen LogP contribution in [-0.2, 0) is 4.74 Å². The molecule has 1 saturated carbocycles. The maximum Gasteiger partial charge on any atom is 0.0805 e. The minimum absolute atomic E-state index is 0.199. The molecule has 2 rings (SSSR count). The summed E-state index contributed by atoms with van der Waals surface area (Å²) < 4.78 is 5.71. The van der Waals surface area contributed by atoms with E-state index in [0.717, 1.165) is 19.6 Å². The summed E-state index contributed by atoms with van der Waals surface area (Å²) in [6.45, 7) is 6.89. The van der Waals surface area contributed by atoms with Crippen molar-refractivity contribution in [1.29, 1.82) is 0 Å².